The molecule has 3 nitrogen and oxygen atoms in total. The first-order valence-corrected chi connectivity index (χ1v) is 8.20. The first-order valence-electron chi connectivity index (χ1n) is 8.20. The normalized spacial score (nSPS) is 16.2. The van der Waals surface area contributed by atoms with E-state index < -0.39 is 6.16 Å². The smallest absolute Gasteiger partial charge is 0.395 e. The number of para-hydroxylation sites is 1. The highest BCUT2D eigenvalue weighted by molar-refractivity contribution is 5.66. The summed E-state index contributed by atoms with van der Waals surface area (Å²) in [6.45, 7) is 4.16. The highest BCUT2D eigenvalue weighted by Gasteiger charge is 2.20. The Morgan fingerprint density at radius 3 is 2.12 bits per heavy atom. The third kappa shape index (κ3) is 4.27. The van der Waals surface area contributed by atoms with Gasteiger partial charge in [0.2, 0.25) is 0 Å². The fraction of sp³-hybridized carbons (Fsp3) is 0.136. The van der Waals surface area contributed by atoms with E-state index in [0.29, 0.717) is 11.5 Å². The Labute approximate surface area is 147 Å². The molecule has 0 radical (unpaired) electrons. The summed E-state index contributed by atoms with van der Waals surface area (Å²) in [7, 11) is 0. The number of ether oxygens (including phenoxy) is 2. The van der Waals surface area contributed by atoms with Gasteiger partial charge >= 0.3 is 6.16 Å². The van der Waals surface area contributed by atoms with Crippen molar-refractivity contribution in [1.82, 2.24) is 0 Å². The van der Waals surface area contributed by atoms with Crippen LogP contribution in [-0.4, -0.2) is 6.16 Å². The summed E-state index contributed by atoms with van der Waals surface area (Å²) in [6, 6.07) is 19.0. The van der Waals surface area contributed by atoms with Crippen molar-refractivity contribution in [2.75, 3.05) is 0 Å². The summed E-state index contributed by atoms with van der Waals surface area (Å²) in [4.78, 5) is 12.0. The fourth-order valence-electron chi connectivity index (χ4n) is 2.77. The zero-order chi connectivity index (χ0) is 17.6. The lowest BCUT2D eigenvalue weighted by molar-refractivity contribution is 0.129. The second-order valence-corrected chi connectivity index (χ2v) is 6.01. The number of rotatable bonds is 3. The average molecular weight is 332 g/mol. The number of allylic oxidation sites excluding steroid dienone is 5. The van der Waals surface area contributed by atoms with Crippen molar-refractivity contribution >= 4 is 6.16 Å². The summed E-state index contributed by atoms with van der Waals surface area (Å²) < 4.78 is 10.6. The SMILES string of the molecule is CC(C)=C1C=CC(OC(=O)Oc2ccccc2)=CC1c1ccccc1. The van der Waals surface area contributed by atoms with Gasteiger partial charge in [-0.05, 0) is 49.3 Å². The summed E-state index contributed by atoms with van der Waals surface area (Å²) in [5.41, 5.74) is 3.59. The number of hydrogen-bond acceptors (Lipinski definition) is 3. The molecule has 1 unspecified atom stereocenters. The van der Waals surface area contributed by atoms with Gasteiger partial charge in [0, 0.05) is 5.92 Å². The molecule has 0 heterocycles. The molecule has 0 spiro atoms. The molecule has 3 rings (SSSR count). The maximum absolute atomic E-state index is 12.0. The van der Waals surface area contributed by atoms with Crippen LogP contribution in [0.15, 0.2) is 95.8 Å². The number of hydrogen-bond donors (Lipinski definition) is 0. The average Bonchev–Trinajstić information content (AvgIpc) is 2.63. The fourth-order valence-corrected chi connectivity index (χ4v) is 2.77. The summed E-state index contributed by atoms with van der Waals surface area (Å²) >= 11 is 0. The maximum Gasteiger partial charge on any atom is 0.519 e. The molecule has 1 aliphatic carbocycles. The zero-order valence-electron chi connectivity index (χ0n) is 14.3. The van der Waals surface area contributed by atoms with E-state index in [2.05, 4.69) is 26.0 Å². The molecule has 126 valence electrons. The first-order chi connectivity index (χ1) is 12.1. The van der Waals surface area contributed by atoms with E-state index >= 15 is 0 Å². The van der Waals surface area contributed by atoms with Crippen LogP contribution in [0.4, 0.5) is 4.79 Å². The lowest BCUT2D eigenvalue weighted by atomic mass is 9.85. The molecule has 0 bridgehead atoms. The number of benzene rings is 2. The summed E-state index contributed by atoms with van der Waals surface area (Å²) in [6.07, 6.45) is 5.00. The number of carbonyl (C=O) groups excluding carboxylic acids is 1. The second-order valence-electron chi connectivity index (χ2n) is 6.01. The van der Waals surface area contributed by atoms with E-state index in [1.165, 1.54) is 11.1 Å². The Hall–Kier alpha value is -3.07. The van der Waals surface area contributed by atoms with E-state index in [-0.39, 0.29) is 5.92 Å². The minimum atomic E-state index is -0.741. The van der Waals surface area contributed by atoms with Crippen molar-refractivity contribution in [3.05, 3.63) is 101 Å². The predicted octanol–water partition coefficient (Wildman–Crippen LogP) is 5.78. The van der Waals surface area contributed by atoms with Gasteiger partial charge in [-0.25, -0.2) is 4.79 Å². The Bertz CT molecular complexity index is 826. The van der Waals surface area contributed by atoms with Crippen molar-refractivity contribution < 1.29 is 14.3 Å². The van der Waals surface area contributed by atoms with Gasteiger partial charge in [0.05, 0.1) is 0 Å². The molecule has 0 saturated heterocycles. The van der Waals surface area contributed by atoms with Gasteiger partial charge in [0.25, 0.3) is 0 Å². The Morgan fingerprint density at radius 1 is 0.840 bits per heavy atom. The molecule has 2 aromatic carbocycles. The van der Waals surface area contributed by atoms with Crippen LogP contribution in [-0.2, 0) is 4.74 Å². The highest BCUT2D eigenvalue weighted by atomic mass is 16.7. The minimum absolute atomic E-state index is 0.0516. The molecule has 3 heteroatoms. The molecule has 2 aromatic rings. The maximum atomic E-state index is 12.0. The van der Waals surface area contributed by atoms with Gasteiger partial charge in [0.1, 0.15) is 11.5 Å². The van der Waals surface area contributed by atoms with E-state index in [1.54, 1.807) is 30.3 Å². The molecule has 25 heavy (non-hydrogen) atoms. The van der Waals surface area contributed by atoms with Gasteiger partial charge in [0.15, 0.2) is 0 Å². The van der Waals surface area contributed by atoms with Crippen LogP contribution >= 0.6 is 0 Å². The van der Waals surface area contributed by atoms with E-state index in [4.69, 9.17) is 9.47 Å². The molecule has 1 aliphatic rings. The van der Waals surface area contributed by atoms with Gasteiger partial charge < -0.3 is 9.47 Å². The summed E-state index contributed by atoms with van der Waals surface area (Å²) in [5, 5.41) is 0. The number of carbonyl (C=O) groups is 1. The van der Waals surface area contributed by atoms with Crippen LogP contribution in [0.3, 0.4) is 0 Å². The van der Waals surface area contributed by atoms with Crippen LogP contribution < -0.4 is 4.74 Å². The van der Waals surface area contributed by atoms with Crippen molar-refractivity contribution in [2.45, 2.75) is 19.8 Å². The lowest BCUT2D eigenvalue weighted by Gasteiger charge is -2.21. The Morgan fingerprint density at radius 2 is 1.48 bits per heavy atom. The molecule has 1 atom stereocenters. The van der Waals surface area contributed by atoms with Crippen LogP contribution in [0.5, 0.6) is 5.75 Å². The van der Waals surface area contributed by atoms with Crippen LogP contribution in [0.2, 0.25) is 0 Å². The predicted molar refractivity (Wildman–Crippen MR) is 98.3 cm³/mol. The summed E-state index contributed by atoms with van der Waals surface area (Å²) in [5.74, 6) is 0.994. The van der Waals surface area contributed by atoms with Crippen LogP contribution in [0, 0.1) is 0 Å². The van der Waals surface area contributed by atoms with Gasteiger partial charge in [-0.15, -0.1) is 0 Å². The van der Waals surface area contributed by atoms with Crippen LogP contribution in [0.25, 0.3) is 0 Å². The van der Waals surface area contributed by atoms with Crippen LogP contribution in [0.1, 0.15) is 25.3 Å². The quantitative estimate of drug-likeness (QED) is 0.528. The van der Waals surface area contributed by atoms with Crippen molar-refractivity contribution in [2.24, 2.45) is 0 Å². The molecular formula is C22H20O3. The second kappa shape index (κ2) is 7.67. The standard InChI is InChI=1S/C22H20O3/c1-16(2)20-14-13-19(15-21(20)17-9-5-3-6-10-17)25-22(23)24-18-11-7-4-8-12-18/h3-15,21H,1-2H3. The minimum Gasteiger partial charge on any atom is -0.395 e. The largest absolute Gasteiger partial charge is 0.519 e. The van der Waals surface area contributed by atoms with Gasteiger partial charge in [-0.1, -0.05) is 60.2 Å². The molecular weight excluding hydrogens is 312 g/mol. The third-order valence-electron chi connectivity index (χ3n) is 3.97. The van der Waals surface area contributed by atoms with Crippen molar-refractivity contribution in [3.63, 3.8) is 0 Å². The topological polar surface area (TPSA) is 35.5 Å². The molecule has 0 N–H and O–H groups in total. The van der Waals surface area contributed by atoms with E-state index in [1.807, 2.05) is 36.4 Å². The van der Waals surface area contributed by atoms with Crippen molar-refractivity contribution in [3.8, 4) is 5.75 Å². The molecule has 0 saturated carbocycles. The third-order valence-corrected chi connectivity index (χ3v) is 3.97. The van der Waals surface area contributed by atoms with E-state index in [9.17, 15) is 4.79 Å². The van der Waals surface area contributed by atoms with Crippen molar-refractivity contribution in [1.29, 1.82) is 0 Å². The lowest BCUT2D eigenvalue weighted by Crippen LogP contribution is -2.12. The monoisotopic (exact) mass is 332 g/mol. The molecule has 0 aliphatic heterocycles. The zero-order valence-corrected chi connectivity index (χ0v) is 14.3. The van der Waals surface area contributed by atoms with Gasteiger partial charge in [-0.2, -0.15) is 0 Å². The Balaban J connectivity index is 1.79. The first kappa shape index (κ1) is 16.8. The van der Waals surface area contributed by atoms with Gasteiger partial charge in [-0.3, -0.25) is 0 Å². The highest BCUT2D eigenvalue weighted by Crippen LogP contribution is 2.34. The molecule has 0 amide bonds. The van der Waals surface area contributed by atoms with E-state index in [0.717, 1.165) is 5.56 Å². The Kier molecular flexibility index (Phi) is 5.14. The molecule has 0 aromatic heterocycles. The molecule has 0 fully saturated rings.